The molecule has 0 rings (SSSR count). The lowest BCUT2D eigenvalue weighted by molar-refractivity contribution is -0.136. The van der Waals surface area contributed by atoms with Gasteiger partial charge < -0.3 is 10.6 Å². The molecule has 1 atom stereocenters. The number of rotatable bonds is 7. The zero-order chi connectivity index (χ0) is 13.6. The van der Waals surface area contributed by atoms with Crippen LogP contribution in [0.25, 0.3) is 0 Å². The molecule has 0 saturated carbocycles. The minimum atomic E-state index is 0.0556. The van der Waals surface area contributed by atoms with E-state index in [1.54, 1.807) is 0 Å². The Morgan fingerprint density at radius 1 is 1.24 bits per heavy atom. The van der Waals surface area contributed by atoms with Gasteiger partial charge >= 0.3 is 0 Å². The zero-order valence-electron chi connectivity index (χ0n) is 11.7. The third kappa shape index (κ3) is 6.61. The zero-order valence-corrected chi connectivity index (χ0v) is 12.5. The van der Waals surface area contributed by atoms with Crippen LogP contribution in [0, 0.1) is 17.8 Å². The summed E-state index contributed by atoms with van der Waals surface area (Å²) in [5.74, 6) is 1.09. The van der Waals surface area contributed by atoms with Crippen LogP contribution in [0.5, 0.6) is 0 Å². The summed E-state index contributed by atoms with van der Waals surface area (Å²) < 4.78 is 0. The van der Waals surface area contributed by atoms with Crippen LogP contribution < -0.4 is 5.73 Å². The van der Waals surface area contributed by atoms with Crippen molar-refractivity contribution in [2.24, 2.45) is 23.5 Å². The third-order valence-corrected chi connectivity index (χ3v) is 3.12. The molecular weight excluding hydrogens is 232 g/mol. The number of carbonyl (C=O) groups excluding carboxylic acids is 1. The summed E-state index contributed by atoms with van der Waals surface area (Å²) in [6.45, 7) is 11.8. The van der Waals surface area contributed by atoms with Gasteiger partial charge in [0.15, 0.2) is 0 Å². The summed E-state index contributed by atoms with van der Waals surface area (Å²) in [7, 11) is 0. The van der Waals surface area contributed by atoms with Gasteiger partial charge in [-0.2, -0.15) is 0 Å². The summed E-state index contributed by atoms with van der Waals surface area (Å²) in [5.41, 5.74) is 5.50. The topological polar surface area (TPSA) is 46.3 Å². The van der Waals surface area contributed by atoms with E-state index in [1.807, 2.05) is 11.8 Å². The highest BCUT2D eigenvalue weighted by Gasteiger charge is 2.23. The van der Waals surface area contributed by atoms with Crippen LogP contribution in [0.1, 0.15) is 41.0 Å². The molecule has 0 aliphatic rings. The molecule has 0 aliphatic heterocycles. The Kier molecular flexibility index (Phi) is 7.35. The summed E-state index contributed by atoms with van der Waals surface area (Å²) in [5, 5.41) is 0. The van der Waals surface area contributed by atoms with Gasteiger partial charge in [0.2, 0.25) is 5.91 Å². The fraction of sp³-hybridized carbons (Fsp3) is 0.846. The van der Waals surface area contributed by atoms with E-state index in [2.05, 4.69) is 27.7 Å². The summed E-state index contributed by atoms with van der Waals surface area (Å²) in [4.78, 5) is 14.6. The first-order chi connectivity index (χ1) is 7.75. The quantitative estimate of drug-likeness (QED) is 0.713. The molecule has 0 bridgehead atoms. The Morgan fingerprint density at radius 2 is 1.76 bits per heavy atom. The number of nitrogens with zero attached hydrogens (tertiary/aromatic N) is 1. The summed E-state index contributed by atoms with van der Waals surface area (Å²) in [6.07, 6.45) is 0.610. The lowest BCUT2D eigenvalue weighted by Gasteiger charge is -2.28. The maximum atomic E-state index is 12.3. The van der Waals surface area contributed by atoms with E-state index in [9.17, 15) is 4.79 Å². The maximum Gasteiger partial charge on any atom is 0.225 e. The fourth-order valence-electron chi connectivity index (χ4n) is 1.55. The molecule has 0 aliphatic carbocycles. The lowest BCUT2D eigenvalue weighted by Crippen LogP contribution is -2.40. The second-order valence-electron chi connectivity index (χ2n) is 5.43. The van der Waals surface area contributed by atoms with Gasteiger partial charge in [-0.3, -0.25) is 4.79 Å². The number of hydrogen-bond acceptors (Lipinski definition) is 2. The van der Waals surface area contributed by atoms with E-state index in [0.29, 0.717) is 29.8 Å². The molecule has 2 N–H and O–H groups in total. The number of carbonyl (C=O) groups is 1. The van der Waals surface area contributed by atoms with Gasteiger partial charge in [-0.15, -0.1) is 0 Å². The molecule has 1 unspecified atom stereocenters. The molecule has 0 spiro atoms. The standard InChI is InChI=1S/C13H26N2OS/c1-9(2)8-15(7-6-12(14)17)13(16)11(5)10(3)4/h9-11H,6-8H2,1-5H3,(H2,14,17). The van der Waals surface area contributed by atoms with Gasteiger partial charge in [0.05, 0.1) is 4.99 Å². The Hall–Kier alpha value is -0.640. The number of hydrogen-bond donors (Lipinski definition) is 1. The second-order valence-corrected chi connectivity index (χ2v) is 5.95. The first kappa shape index (κ1) is 16.4. The van der Waals surface area contributed by atoms with Crippen LogP contribution in [-0.4, -0.2) is 28.9 Å². The van der Waals surface area contributed by atoms with Crippen LogP contribution in [0.2, 0.25) is 0 Å². The molecular formula is C13H26N2OS. The van der Waals surface area contributed by atoms with Crippen LogP contribution >= 0.6 is 12.2 Å². The van der Waals surface area contributed by atoms with E-state index in [1.165, 1.54) is 0 Å². The molecule has 1 amide bonds. The molecule has 4 heteroatoms. The molecule has 0 saturated heterocycles. The molecule has 0 aromatic heterocycles. The predicted molar refractivity (Wildman–Crippen MR) is 76.8 cm³/mol. The van der Waals surface area contributed by atoms with Crippen molar-refractivity contribution in [1.82, 2.24) is 4.90 Å². The average molecular weight is 258 g/mol. The van der Waals surface area contributed by atoms with Crippen molar-refractivity contribution in [3.8, 4) is 0 Å². The van der Waals surface area contributed by atoms with Crippen LogP contribution in [0.15, 0.2) is 0 Å². The molecule has 0 radical (unpaired) electrons. The Morgan fingerprint density at radius 3 is 2.12 bits per heavy atom. The SMILES string of the molecule is CC(C)CN(CCC(N)=S)C(=O)C(C)C(C)C. The van der Waals surface area contributed by atoms with Crippen molar-refractivity contribution >= 4 is 23.1 Å². The molecule has 17 heavy (non-hydrogen) atoms. The van der Waals surface area contributed by atoms with Gasteiger partial charge in [0.25, 0.3) is 0 Å². The van der Waals surface area contributed by atoms with Gasteiger partial charge in [0.1, 0.15) is 0 Å². The smallest absolute Gasteiger partial charge is 0.225 e. The minimum Gasteiger partial charge on any atom is -0.393 e. The van der Waals surface area contributed by atoms with Gasteiger partial charge in [0, 0.05) is 25.4 Å². The molecule has 0 aromatic carbocycles. The molecule has 0 heterocycles. The Bertz CT molecular complexity index is 264. The minimum absolute atomic E-state index is 0.0556. The lowest BCUT2D eigenvalue weighted by atomic mass is 9.96. The fourth-order valence-corrected chi connectivity index (χ4v) is 1.64. The third-order valence-electron chi connectivity index (χ3n) is 2.91. The van der Waals surface area contributed by atoms with E-state index in [0.717, 1.165) is 6.54 Å². The maximum absolute atomic E-state index is 12.3. The van der Waals surface area contributed by atoms with Crippen LogP contribution in [0.3, 0.4) is 0 Å². The first-order valence-electron chi connectivity index (χ1n) is 6.32. The largest absolute Gasteiger partial charge is 0.393 e. The van der Waals surface area contributed by atoms with E-state index in [4.69, 9.17) is 18.0 Å². The highest BCUT2D eigenvalue weighted by atomic mass is 32.1. The van der Waals surface area contributed by atoms with E-state index >= 15 is 0 Å². The first-order valence-corrected chi connectivity index (χ1v) is 6.73. The molecule has 3 nitrogen and oxygen atoms in total. The van der Waals surface area contributed by atoms with Crippen molar-refractivity contribution < 1.29 is 4.79 Å². The summed E-state index contributed by atoms with van der Waals surface area (Å²) in [6, 6.07) is 0. The predicted octanol–water partition coefficient (Wildman–Crippen LogP) is 2.44. The van der Waals surface area contributed by atoms with Gasteiger partial charge in [-0.05, 0) is 11.8 Å². The Labute approximate surface area is 111 Å². The van der Waals surface area contributed by atoms with E-state index in [-0.39, 0.29) is 11.8 Å². The van der Waals surface area contributed by atoms with Crippen molar-refractivity contribution in [2.75, 3.05) is 13.1 Å². The molecule has 100 valence electrons. The molecule has 0 aromatic rings. The second kappa shape index (κ2) is 7.64. The van der Waals surface area contributed by atoms with Crippen molar-refractivity contribution in [1.29, 1.82) is 0 Å². The van der Waals surface area contributed by atoms with Gasteiger partial charge in [-0.25, -0.2) is 0 Å². The molecule has 0 fully saturated rings. The van der Waals surface area contributed by atoms with Crippen molar-refractivity contribution in [3.63, 3.8) is 0 Å². The normalized spacial score (nSPS) is 12.9. The van der Waals surface area contributed by atoms with Crippen molar-refractivity contribution in [3.05, 3.63) is 0 Å². The average Bonchev–Trinajstić information content (AvgIpc) is 2.21. The number of thiocarbonyl (C=S) groups is 1. The monoisotopic (exact) mass is 258 g/mol. The van der Waals surface area contributed by atoms with Crippen LogP contribution in [0.4, 0.5) is 0 Å². The van der Waals surface area contributed by atoms with E-state index < -0.39 is 0 Å². The number of amides is 1. The van der Waals surface area contributed by atoms with Crippen LogP contribution in [-0.2, 0) is 4.79 Å². The number of nitrogens with two attached hydrogens (primary N) is 1. The highest BCUT2D eigenvalue weighted by molar-refractivity contribution is 7.80. The van der Waals surface area contributed by atoms with Crippen molar-refractivity contribution in [2.45, 2.75) is 41.0 Å². The summed E-state index contributed by atoms with van der Waals surface area (Å²) >= 11 is 4.87. The van der Waals surface area contributed by atoms with Gasteiger partial charge in [-0.1, -0.05) is 46.8 Å². The highest BCUT2D eigenvalue weighted by Crippen LogP contribution is 2.15. The Balaban J connectivity index is 4.55.